The van der Waals surface area contributed by atoms with Gasteiger partial charge in [-0.3, -0.25) is 9.59 Å². The lowest BCUT2D eigenvalue weighted by atomic mass is 10.0. The van der Waals surface area contributed by atoms with Crippen molar-refractivity contribution in [2.24, 2.45) is 5.92 Å². The van der Waals surface area contributed by atoms with Crippen LogP contribution in [0.15, 0.2) is 73.1 Å². The van der Waals surface area contributed by atoms with E-state index < -0.39 is 12.1 Å². The van der Waals surface area contributed by atoms with Gasteiger partial charge in [-0.05, 0) is 61.1 Å². The van der Waals surface area contributed by atoms with Crippen molar-refractivity contribution in [3.8, 4) is 22.4 Å². The Balaban J connectivity index is 1.07. The highest BCUT2D eigenvalue weighted by molar-refractivity contribution is 6.04. The van der Waals surface area contributed by atoms with Crippen LogP contribution >= 0.6 is 0 Å². The molecule has 0 bridgehead atoms. The van der Waals surface area contributed by atoms with Crippen LogP contribution in [0, 0.1) is 5.92 Å². The molecule has 0 spiro atoms. The predicted molar refractivity (Wildman–Crippen MR) is 189 cm³/mol. The van der Waals surface area contributed by atoms with Gasteiger partial charge < -0.3 is 35.5 Å². The van der Waals surface area contributed by atoms with Gasteiger partial charge in [0, 0.05) is 55.9 Å². The highest BCUT2D eigenvalue weighted by Crippen LogP contribution is 2.33. The van der Waals surface area contributed by atoms with E-state index >= 15 is 0 Å². The number of carbonyl (C=O) groups excluding carboxylic acids is 3. The van der Waals surface area contributed by atoms with E-state index in [9.17, 15) is 14.4 Å². The number of pyridine rings is 1. The second-order valence-corrected chi connectivity index (χ2v) is 13.0. The van der Waals surface area contributed by atoms with Crippen LogP contribution < -0.4 is 20.9 Å². The molecule has 2 fully saturated rings. The lowest BCUT2D eigenvalue weighted by molar-refractivity contribution is -0.135. The molecule has 2 saturated heterocycles. The number of rotatable bonds is 9. The molecule has 49 heavy (non-hydrogen) atoms. The van der Waals surface area contributed by atoms with Crippen LogP contribution in [0.2, 0.25) is 0 Å². The molecule has 4 aromatic rings. The molecule has 4 heterocycles. The van der Waals surface area contributed by atoms with E-state index in [4.69, 9.17) is 9.72 Å². The molecule has 2 aromatic heterocycles. The summed E-state index contributed by atoms with van der Waals surface area (Å²) in [6.07, 6.45) is 4.52. The average Bonchev–Trinajstić information content (AvgIpc) is 3.82. The van der Waals surface area contributed by atoms with E-state index in [-0.39, 0.29) is 23.8 Å². The third-order valence-corrected chi connectivity index (χ3v) is 9.30. The van der Waals surface area contributed by atoms with E-state index in [1.165, 1.54) is 7.11 Å². The maximum atomic E-state index is 13.5. The number of piperazine rings is 1. The van der Waals surface area contributed by atoms with Crippen molar-refractivity contribution < 1.29 is 19.1 Å². The summed E-state index contributed by atoms with van der Waals surface area (Å²) < 4.78 is 4.74. The summed E-state index contributed by atoms with van der Waals surface area (Å²) in [5.74, 6) is 1.17. The SMILES string of the molecule is COC(=O)N[C@H](C(=O)N1CCCC1c1nc(-c2ccc(-c3ccc(NC(=O)c4ccc(N5CCNCC5C)nc4)cc3)cc2)c[nH]1)C(C)C. The third-order valence-electron chi connectivity index (χ3n) is 9.30. The van der Waals surface area contributed by atoms with E-state index in [2.05, 4.69) is 37.7 Å². The minimum atomic E-state index is -0.679. The highest BCUT2D eigenvalue weighted by atomic mass is 16.5. The fourth-order valence-corrected chi connectivity index (χ4v) is 6.50. The lowest BCUT2D eigenvalue weighted by Crippen LogP contribution is -2.51. The minimum Gasteiger partial charge on any atom is -0.453 e. The number of ether oxygens (including phenoxy) is 1. The van der Waals surface area contributed by atoms with Gasteiger partial charge in [0.15, 0.2) is 0 Å². The standard InChI is InChI=1S/C37H44N8O4/c1-23(2)33(43-37(48)49-4)36(47)45-18-5-6-31(45)34-40-22-30(42-34)27-9-7-25(8-10-27)26-11-14-29(15-12-26)41-35(46)28-13-16-32(39-21-28)44-19-17-38-20-24(44)3/h7-16,21-24,31,33,38H,5-6,17-20H2,1-4H3,(H,40,42)(H,41,46)(H,43,48)/t24?,31?,33-/m0/s1. The second kappa shape index (κ2) is 14.9. The van der Waals surface area contributed by atoms with Gasteiger partial charge in [0.25, 0.3) is 5.91 Å². The van der Waals surface area contributed by atoms with Crippen molar-refractivity contribution in [3.63, 3.8) is 0 Å². The Labute approximate surface area is 286 Å². The molecule has 4 N–H and O–H groups in total. The van der Waals surface area contributed by atoms with E-state index in [1.54, 1.807) is 11.1 Å². The topological polar surface area (TPSA) is 145 Å². The number of alkyl carbamates (subject to hydrolysis) is 1. The van der Waals surface area contributed by atoms with Crippen molar-refractivity contribution in [2.45, 2.75) is 51.7 Å². The summed E-state index contributed by atoms with van der Waals surface area (Å²) in [5.41, 5.74) is 5.00. The molecule has 12 nitrogen and oxygen atoms in total. The molecule has 12 heteroatoms. The second-order valence-electron chi connectivity index (χ2n) is 13.0. The number of likely N-dealkylation sites (tertiary alicyclic amines) is 1. The van der Waals surface area contributed by atoms with E-state index in [0.29, 0.717) is 23.8 Å². The number of anilines is 2. The quantitative estimate of drug-likeness (QED) is 0.190. The Hall–Kier alpha value is -5.23. The number of aromatic nitrogens is 3. The molecule has 3 amide bonds. The molecule has 2 aromatic carbocycles. The zero-order chi connectivity index (χ0) is 34.5. The number of methoxy groups -OCH3 is 1. The van der Waals surface area contributed by atoms with Crippen LogP contribution in [-0.4, -0.2) is 83.1 Å². The van der Waals surface area contributed by atoms with Gasteiger partial charge in [0.2, 0.25) is 5.91 Å². The Morgan fingerprint density at radius 2 is 1.67 bits per heavy atom. The van der Waals surface area contributed by atoms with Crippen LogP contribution in [0.3, 0.4) is 0 Å². The number of nitrogens with one attached hydrogen (secondary N) is 4. The Kier molecular flexibility index (Phi) is 10.2. The van der Waals surface area contributed by atoms with Gasteiger partial charge in [0.05, 0.1) is 24.4 Å². The first-order valence-corrected chi connectivity index (χ1v) is 16.9. The number of amides is 3. The number of nitrogens with zero attached hydrogens (tertiary/aromatic N) is 4. The fourth-order valence-electron chi connectivity index (χ4n) is 6.50. The van der Waals surface area contributed by atoms with Gasteiger partial charge in [-0.25, -0.2) is 14.8 Å². The number of H-pyrrole nitrogens is 1. The molecule has 2 aliphatic rings. The van der Waals surface area contributed by atoms with Gasteiger partial charge in [0.1, 0.15) is 17.7 Å². The van der Waals surface area contributed by atoms with Gasteiger partial charge in [-0.2, -0.15) is 0 Å². The van der Waals surface area contributed by atoms with Crippen molar-refractivity contribution in [1.29, 1.82) is 0 Å². The average molecular weight is 665 g/mol. The first-order chi connectivity index (χ1) is 23.7. The molecule has 2 unspecified atom stereocenters. The monoisotopic (exact) mass is 664 g/mol. The Morgan fingerprint density at radius 3 is 2.33 bits per heavy atom. The summed E-state index contributed by atoms with van der Waals surface area (Å²) in [6, 6.07) is 19.1. The van der Waals surface area contributed by atoms with E-state index in [0.717, 1.165) is 66.5 Å². The van der Waals surface area contributed by atoms with Crippen molar-refractivity contribution in [2.75, 3.05) is 43.5 Å². The van der Waals surface area contributed by atoms with Crippen molar-refractivity contribution in [1.82, 2.24) is 30.5 Å². The molecular weight excluding hydrogens is 620 g/mol. The Bertz CT molecular complexity index is 1750. The molecule has 256 valence electrons. The smallest absolute Gasteiger partial charge is 0.407 e. The predicted octanol–water partition coefficient (Wildman–Crippen LogP) is 5.23. The molecular formula is C37H44N8O4. The number of aromatic amines is 1. The maximum absolute atomic E-state index is 13.5. The van der Waals surface area contributed by atoms with E-state index in [1.807, 2.05) is 80.7 Å². The number of imidazole rings is 1. The molecule has 0 aliphatic carbocycles. The van der Waals surface area contributed by atoms with Crippen LogP contribution in [0.1, 0.15) is 55.8 Å². The largest absolute Gasteiger partial charge is 0.453 e. The Morgan fingerprint density at radius 1 is 0.959 bits per heavy atom. The van der Waals surface area contributed by atoms with Crippen LogP contribution in [-0.2, 0) is 9.53 Å². The third kappa shape index (κ3) is 7.59. The summed E-state index contributed by atoms with van der Waals surface area (Å²) in [5, 5.41) is 9.04. The van der Waals surface area contributed by atoms with Crippen LogP contribution in [0.4, 0.5) is 16.3 Å². The molecule has 6 rings (SSSR count). The van der Waals surface area contributed by atoms with Crippen molar-refractivity contribution >= 4 is 29.4 Å². The zero-order valence-corrected chi connectivity index (χ0v) is 28.4. The molecule has 0 radical (unpaired) electrons. The normalized spacial score (nSPS) is 18.3. The molecule has 2 aliphatic heterocycles. The summed E-state index contributed by atoms with van der Waals surface area (Å²) in [7, 11) is 1.29. The number of carbonyl (C=O) groups is 3. The lowest BCUT2D eigenvalue weighted by Gasteiger charge is -2.34. The maximum Gasteiger partial charge on any atom is 0.407 e. The van der Waals surface area contributed by atoms with Crippen molar-refractivity contribution in [3.05, 3.63) is 84.4 Å². The highest BCUT2D eigenvalue weighted by Gasteiger charge is 2.37. The first-order valence-electron chi connectivity index (χ1n) is 16.9. The number of benzene rings is 2. The van der Waals surface area contributed by atoms with Gasteiger partial charge in [-0.1, -0.05) is 50.2 Å². The molecule has 3 atom stereocenters. The first kappa shape index (κ1) is 33.7. The molecule has 0 saturated carbocycles. The fraction of sp³-hybridized carbons (Fsp3) is 0.378. The summed E-state index contributed by atoms with van der Waals surface area (Å²) >= 11 is 0. The minimum absolute atomic E-state index is 0.0965. The summed E-state index contributed by atoms with van der Waals surface area (Å²) in [6.45, 7) is 9.29. The number of hydrogen-bond acceptors (Lipinski definition) is 8. The zero-order valence-electron chi connectivity index (χ0n) is 28.4. The van der Waals surface area contributed by atoms with Gasteiger partial charge >= 0.3 is 6.09 Å². The summed E-state index contributed by atoms with van der Waals surface area (Å²) in [4.78, 5) is 55.0. The van der Waals surface area contributed by atoms with Crippen LogP contribution in [0.5, 0.6) is 0 Å². The van der Waals surface area contributed by atoms with Crippen LogP contribution in [0.25, 0.3) is 22.4 Å². The number of hydrogen-bond donors (Lipinski definition) is 4. The van der Waals surface area contributed by atoms with Gasteiger partial charge in [-0.15, -0.1) is 0 Å².